The third-order valence-electron chi connectivity index (χ3n) is 4.69. The molecule has 1 aliphatic heterocycles. The monoisotopic (exact) mass is 394 g/mol. The van der Waals surface area contributed by atoms with E-state index in [2.05, 4.69) is 0 Å². The maximum absolute atomic E-state index is 13.5. The van der Waals surface area contributed by atoms with Gasteiger partial charge in [-0.2, -0.15) is 0 Å². The second kappa shape index (κ2) is 7.28. The molecule has 3 aromatic rings. The highest BCUT2D eigenvalue weighted by Crippen LogP contribution is 2.35. The largest absolute Gasteiger partial charge is 0.342 e. The number of imide groups is 1. The minimum atomic E-state index is -0.267. The molecule has 0 radical (unpaired) electrons. The summed E-state index contributed by atoms with van der Waals surface area (Å²) in [5.74, 6) is -0.525. The van der Waals surface area contributed by atoms with Crippen molar-refractivity contribution in [3.05, 3.63) is 76.6 Å². The molecule has 0 atom stereocenters. The summed E-state index contributed by atoms with van der Waals surface area (Å²) in [4.78, 5) is 26.5. The van der Waals surface area contributed by atoms with Crippen molar-refractivity contribution in [3.8, 4) is 0 Å². The summed E-state index contributed by atoms with van der Waals surface area (Å²) in [6, 6.07) is 14.2. The maximum Gasteiger partial charge on any atom is 0.293 e. The Morgan fingerprint density at radius 2 is 1.89 bits per heavy atom. The van der Waals surface area contributed by atoms with Gasteiger partial charge in [-0.3, -0.25) is 14.5 Å². The number of amides is 2. The van der Waals surface area contributed by atoms with E-state index in [0.717, 1.165) is 33.8 Å². The zero-order valence-corrected chi connectivity index (χ0v) is 16.4. The number of fused-ring (bicyclic) bond motifs is 1. The van der Waals surface area contributed by atoms with Crippen molar-refractivity contribution in [2.24, 2.45) is 0 Å². The van der Waals surface area contributed by atoms with Crippen LogP contribution in [-0.4, -0.2) is 26.7 Å². The molecule has 0 spiro atoms. The number of hydrogen-bond acceptors (Lipinski definition) is 3. The SMILES string of the molecule is CC(C)N1C(=O)S/C(=C\c2cn(Cc3cccc(F)c3)c3ccccc23)C1=O. The number of aromatic nitrogens is 1. The quantitative estimate of drug-likeness (QED) is 0.566. The van der Waals surface area contributed by atoms with Gasteiger partial charge in [0, 0.05) is 35.2 Å². The Morgan fingerprint density at radius 1 is 1.11 bits per heavy atom. The van der Waals surface area contributed by atoms with Gasteiger partial charge in [-0.25, -0.2) is 4.39 Å². The van der Waals surface area contributed by atoms with Gasteiger partial charge in [0.15, 0.2) is 0 Å². The Bertz CT molecular complexity index is 1120. The van der Waals surface area contributed by atoms with Crippen LogP contribution in [-0.2, 0) is 11.3 Å². The van der Waals surface area contributed by atoms with Crippen molar-refractivity contribution in [2.45, 2.75) is 26.4 Å². The summed E-state index contributed by atoms with van der Waals surface area (Å²) >= 11 is 0.968. The molecule has 0 unspecified atom stereocenters. The molecule has 6 heteroatoms. The van der Waals surface area contributed by atoms with Crippen LogP contribution >= 0.6 is 11.8 Å². The lowest BCUT2D eigenvalue weighted by molar-refractivity contribution is -0.123. The first-order valence-electron chi connectivity index (χ1n) is 9.03. The number of benzene rings is 2. The predicted molar refractivity (Wildman–Crippen MR) is 110 cm³/mol. The number of hydrogen-bond donors (Lipinski definition) is 0. The summed E-state index contributed by atoms with van der Waals surface area (Å²) < 4.78 is 15.6. The summed E-state index contributed by atoms with van der Waals surface area (Å²) in [6.07, 6.45) is 3.72. The molecule has 2 aromatic carbocycles. The van der Waals surface area contributed by atoms with Crippen molar-refractivity contribution in [1.82, 2.24) is 9.47 Å². The molecule has 142 valence electrons. The van der Waals surface area contributed by atoms with E-state index in [9.17, 15) is 14.0 Å². The lowest BCUT2D eigenvalue weighted by Crippen LogP contribution is -2.34. The fraction of sp³-hybridized carbons (Fsp3) is 0.182. The number of carbonyl (C=O) groups excluding carboxylic acids is 2. The zero-order valence-electron chi connectivity index (χ0n) is 15.6. The van der Waals surface area contributed by atoms with E-state index in [1.807, 2.05) is 54.9 Å². The van der Waals surface area contributed by atoms with E-state index in [0.29, 0.717) is 11.4 Å². The molecule has 0 saturated carbocycles. The van der Waals surface area contributed by atoms with Gasteiger partial charge >= 0.3 is 0 Å². The smallest absolute Gasteiger partial charge is 0.293 e. The Morgan fingerprint density at radius 3 is 2.61 bits per heavy atom. The fourth-order valence-corrected chi connectivity index (χ4v) is 4.37. The van der Waals surface area contributed by atoms with Gasteiger partial charge in [0.2, 0.25) is 0 Å². The van der Waals surface area contributed by atoms with Gasteiger partial charge < -0.3 is 4.57 Å². The van der Waals surface area contributed by atoms with Crippen LogP contribution in [0.25, 0.3) is 17.0 Å². The molecule has 1 fully saturated rings. The predicted octanol–water partition coefficient (Wildman–Crippen LogP) is 5.27. The average molecular weight is 394 g/mol. The summed E-state index contributed by atoms with van der Waals surface area (Å²) in [7, 11) is 0. The molecule has 2 heterocycles. The average Bonchev–Trinajstić information content (AvgIpc) is 3.13. The van der Waals surface area contributed by atoms with Crippen molar-refractivity contribution in [1.29, 1.82) is 0 Å². The third kappa shape index (κ3) is 3.36. The van der Waals surface area contributed by atoms with E-state index in [1.54, 1.807) is 12.1 Å². The molecule has 4 nitrogen and oxygen atoms in total. The van der Waals surface area contributed by atoms with Crippen molar-refractivity contribution in [2.75, 3.05) is 0 Å². The molecule has 0 bridgehead atoms. The highest BCUT2D eigenvalue weighted by Gasteiger charge is 2.36. The van der Waals surface area contributed by atoms with Crippen molar-refractivity contribution in [3.63, 3.8) is 0 Å². The topological polar surface area (TPSA) is 42.3 Å². The van der Waals surface area contributed by atoms with E-state index in [-0.39, 0.29) is 23.0 Å². The van der Waals surface area contributed by atoms with Crippen LogP contribution in [0.15, 0.2) is 59.6 Å². The summed E-state index contributed by atoms with van der Waals surface area (Å²) in [5.41, 5.74) is 2.70. The maximum atomic E-state index is 13.5. The first kappa shape index (κ1) is 18.5. The fourth-order valence-electron chi connectivity index (χ4n) is 3.42. The van der Waals surface area contributed by atoms with E-state index in [1.165, 1.54) is 17.0 Å². The van der Waals surface area contributed by atoms with Crippen LogP contribution in [0.4, 0.5) is 9.18 Å². The van der Waals surface area contributed by atoms with Crippen LogP contribution in [0.2, 0.25) is 0 Å². The van der Waals surface area contributed by atoms with Gasteiger partial charge in [0.1, 0.15) is 5.82 Å². The highest BCUT2D eigenvalue weighted by molar-refractivity contribution is 8.18. The molecule has 2 amide bonds. The zero-order chi connectivity index (χ0) is 19.8. The molecule has 0 aliphatic carbocycles. The lowest BCUT2D eigenvalue weighted by Gasteiger charge is -2.16. The van der Waals surface area contributed by atoms with E-state index in [4.69, 9.17) is 0 Å². The standard InChI is InChI=1S/C22H19FN2O2S/c1-14(2)25-21(26)20(28-22(25)27)11-16-13-24(19-9-4-3-8-18(16)19)12-15-6-5-7-17(23)10-15/h3-11,13-14H,12H2,1-2H3/b20-11-. The van der Waals surface area contributed by atoms with Crippen molar-refractivity contribution < 1.29 is 14.0 Å². The highest BCUT2D eigenvalue weighted by atomic mass is 32.2. The molecular formula is C22H19FN2O2S. The lowest BCUT2D eigenvalue weighted by atomic mass is 10.1. The normalized spacial score (nSPS) is 16.1. The Labute approximate surface area is 166 Å². The van der Waals surface area contributed by atoms with Gasteiger partial charge in [-0.15, -0.1) is 0 Å². The second-order valence-electron chi connectivity index (χ2n) is 7.00. The Hall–Kier alpha value is -2.86. The number of carbonyl (C=O) groups is 2. The molecule has 4 rings (SSSR count). The number of halogens is 1. The van der Waals surface area contributed by atoms with Crippen molar-refractivity contribution >= 4 is 39.9 Å². The first-order valence-corrected chi connectivity index (χ1v) is 9.85. The van der Waals surface area contributed by atoms with Crippen LogP contribution in [0.5, 0.6) is 0 Å². The van der Waals surface area contributed by atoms with Crippen LogP contribution in [0.1, 0.15) is 25.0 Å². The molecule has 28 heavy (non-hydrogen) atoms. The van der Waals surface area contributed by atoms with Crippen LogP contribution in [0, 0.1) is 5.82 Å². The summed E-state index contributed by atoms with van der Waals surface area (Å²) in [6.45, 7) is 4.16. The molecule has 1 aliphatic rings. The molecule has 1 aromatic heterocycles. The Kier molecular flexibility index (Phi) is 4.81. The first-order chi connectivity index (χ1) is 13.4. The number of nitrogens with zero attached hydrogens (tertiary/aromatic N) is 2. The molecule has 1 saturated heterocycles. The molecule has 0 N–H and O–H groups in total. The van der Waals surface area contributed by atoms with Gasteiger partial charge in [0.05, 0.1) is 4.91 Å². The number of rotatable bonds is 4. The third-order valence-corrected chi connectivity index (χ3v) is 5.57. The Balaban J connectivity index is 1.75. The summed E-state index contributed by atoms with van der Waals surface area (Å²) in [5, 5.41) is 0.741. The number of thioether (sulfide) groups is 1. The minimum Gasteiger partial charge on any atom is -0.342 e. The number of para-hydroxylation sites is 1. The van der Waals surface area contributed by atoms with E-state index >= 15 is 0 Å². The van der Waals surface area contributed by atoms with E-state index < -0.39 is 0 Å². The van der Waals surface area contributed by atoms with Gasteiger partial charge in [-0.05, 0) is 55.4 Å². The van der Waals surface area contributed by atoms with Crippen LogP contribution < -0.4 is 0 Å². The van der Waals surface area contributed by atoms with Gasteiger partial charge in [0.25, 0.3) is 11.1 Å². The van der Waals surface area contributed by atoms with Crippen LogP contribution in [0.3, 0.4) is 0 Å². The second-order valence-corrected chi connectivity index (χ2v) is 8.00. The van der Waals surface area contributed by atoms with Gasteiger partial charge in [-0.1, -0.05) is 30.3 Å². The molecular weight excluding hydrogens is 375 g/mol. The minimum absolute atomic E-state index is 0.173.